The summed E-state index contributed by atoms with van der Waals surface area (Å²) in [4.78, 5) is 24.7. The van der Waals surface area contributed by atoms with Crippen molar-refractivity contribution >= 4 is 39.4 Å². The second kappa shape index (κ2) is 7.48. The first-order valence-electron chi connectivity index (χ1n) is 8.02. The molecular formula is C16H20N4O3S. The van der Waals surface area contributed by atoms with E-state index in [0.717, 1.165) is 28.7 Å². The summed E-state index contributed by atoms with van der Waals surface area (Å²) in [5.74, 6) is 0.594. The van der Waals surface area contributed by atoms with Crippen molar-refractivity contribution in [3.8, 4) is 0 Å². The average Bonchev–Trinajstić information content (AvgIpc) is 3.01. The molecule has 1 saturated heterocycles. The molecule has 1 fully saturated rings. The number of carbonyl (C=O) groups excluding carboxylic acids is 1. The highest BCUT2D eigenvalue weighted by Crippen LogP contribution is 2.25. The summed E-state index contributed by atoms with van der Waals surface area (Å²) in [6, 6.07) is 7.39. The van der Waals surface area contributed by atoms with Crippen molar-refractivity contribution in [2.75, 3.05) is 25.0 Å². The third-order valence-electron chi connectivity index (χ3n) is 4.15. The van der Waals surface area contributed by atoms with E-state index in [4.69, 9.17) is 0 Å². The molecule has 1 atom stereocenters. The Bertz CT molecular complexity index is 733. The maximum absolute atomic E-state index is 12.2. The Morgan fingerprint density at radius 2 is 2.12 bits per heavy atom. The second-order valence-corrected chi connectivity index (χ2v) is 6.54. The number of benzene rings is 1. The number of carboxylic acid groups (broad SMARTS) is 1. The normalized spacial score (nSPS) is 17.7. The summed E-state index contributed by atoms with van der Waals surface area (Å²) < 4.78 is 5.48. The van der Waals surface area contributed by atoms with Crippen LogP contribution in [0.5, 0.6) is 0 Å². The minimum Gasteiger partial charge on any atom is -0.465 e. The molecule has 8 heteroatoms. The lowest BCUT2D eigenvalue weighted by atomic mass is 10.0. The van der Waals surface area contributed by atoms with E-state index in [2.05, 4.69) is 15.0 Å². The molecule has 7 nitrogen and oxygen atoms in total. The highest BCUT2D eigenvalue weighted by Gasteiger charge is 2.31. The zero-order chi connectivity index (χ0) is 16.9. The Labute approximate surface area is 143 Å². The molecule has 1 aromatic heterocycles. The maximum Gasteiger partial charge on any atom is 0.407 e. The highest BCUT2D eigenvalue weighted by molar-refractivity contribution is 7.13. The lowest BCUT2D eigenvalue weighted by Crippen LogP contribution is -2.52. The van der Waals surface area contributed by atoms with Crippen LogP contribution in [-0.2, 0) is 4.79 Å². The van der Waals surface area contributed by atoms with Crippen molar-refractivity contribution in [2.24, 2.45) is 0 Å². The maximum atomic E-state index is 12.2. The molecule has 2 amide bonds. The molecule has 0 bridgehead atoms. The Morgan fingerprint density at radius 3 is 2.96 bits per heavy atom. The molecule has 0 spiro atoms. The monoisotopic (exact) mass is 348 g/mol. The molecule has 1 aromatic carbocycles. The van der Waals surface area contributed by atoms with Gasteiger partial charge in [-0.05, 0) is 42.9 Å². The number of fused-ring (bicyclic) bond motifs is 1. The van der Waals surface area contributed by atoms with Crippen LogP contribution in [0.25, 0.3) is 10.1 Å². The van der Waals surface area contributed by atoms with E-state index in [1.165, 1.54) is 16.4 Å². The molecule has 3 N–H and O–H groups in total. The summed E-state index contributed by atoms with van der Waals surface area (Å²) in [6.07, 6.45) is 1.25. The number of aromatic nitrogens is 1. The van der Waals surface area contributed by atoms with Crippen LogP contribution >= 0.6 is 11.5 Å². The van der Waals surface area contributed by atoms with Crippen LogP contribution < -0.4 is 10.6 Å². The van der Waals surface area contributed by atoms with Crippen molar-refractivity contribution in [2.45, 2.75) is 25.3 Å². The lowest BCUT2D eigenvalue weighted by Gasteiger charge is -2.32. The van der Waals surface area contributed by atoms with Gasteiger partial charge in [0.25, 0.3) is 0 Å². The number of likely N-dealkylation sites (tertiary alicyclic amines) is 1. The van der Waals surface area contributed by atoms with Crippen LogP contribution in [0.4, 0.5) is 10.6 Å². The molecule has 2 aromatic rings. The van der Waals surface area contributed by atoms with Gasteiger partial charge in [-0.3, -0.25) is 9.69 Å². The van der Waals surface area contributed by atoms with Gasteiger partial charge in [-0.15, -0.1) is 0 Å². The van der Waals surface area contributed by atoms with Gasteiger partial charge in [0.2, 0.25) is 5.91 Å². The first-order chi connectivity index (χ1) is 11.7. The summed E-state index contributed by atoms with van der Waals surface area (Å²) >= 11 is 1.43. The van der Waals surface area contributed by atoms with Crippen LogP contribution in [0.3, 0.4) is 0 Å². The number of rotatable bonds is 5. The minimum absolute atomic E-state index is 0.220. The van der Waals surface area contributed by atoms with Gasteiger partial charge in [0, 0.05) is 25.0 Å². The minimum atomic E-state index is -1.03. The second-order valence-electron chi connectivity index (χ2n) is 5.73. The van der Waals surface area contributed by atoms with Gasteiger partial charge < -0.3 is 15.7 Å². The number of anilines is 1. The number of hydrogen-bond donors (Lipinski definition) is 3. The van der Waals surface area contributed by atoms with Crippen LogP contribution in [-0.4, -0.2) is 52.1 Å². The van der Waals surface area contributed by atoms with E-state index in [9.17, 15) is 14.7 Å². The van der Waals surface area contributed by atoms with Gasteiger partial charge in [-0.1, -0.05) is 12.1 Å². The van der Waals surface area contributed by atoms with Gasteiger partial charge in [0.15, 0.2) is 0 Å². The Morgan fingerprint density at radius 1 is 1.29 bits per heavy atom. The lowest BCUT2D eigenvalue weighted by molar-refractivity contribution is -0.126. The van der Waals surface area contributed by atoms with Gasteiger partial charge in [0.05, 0.1) is 4.70 Å². The van der Waals surface area contributed by atoms with E-state index in [0.29, 0.717) is 26.1 Å². The Balaban J connectivity index is 1.49. The average molecular weight is 348 g/mol. The highest BCUT2D eigenvalue weighted by atomic mass is 32.1. The fraction of sp³-hybridized carbons (Fsp3) is 0.438. The van der Waals surface area contributed by atoms with E-state index in [1.807, 2.05) is 24.3 Å². The predicted molar refractivity (Wildman–Crippen MR) is 93.5 cm³/mol. The third kappa shape index (κ3) is 3.59. The van der Waals surface area contributed by atoms with Gasteiger partial charge >= 0.3 is 6.09 Å². The van der Waals surface area contributed by atoms with Gasteiger partial charge in [0.1, 0.15) is 11.9 Å². The summed E-state index contributed by atoms with van der Waals surface area (Å²) in [6.45, 7) is 1.39. The molecule has 1 unspecified atom stereocenters. The predicted octanol–water partition coefficient (Wildman–Crippen LogP) is 2.36. The summed E-state index contributed by atoms with van der Waals surface area (Å²) in [5, 5.41) is 16.3. The smallest absolute Gasteiger partial charge is 0.407 e. The molecule has 24 heavy (non-hydrogen) atoms. The van der Waals surface area contributed by atoms with Crippen LogP contribution in [0.2, 0.25) is 0 Å². The van der Waals surface area contributed by atoms with Crippen LogP contribution in [0.1, 0.15) is 19.3 Å². The Kier molecular flexibility index (Phi) is 5.14. The van der Waals surface area contributed by atoms with Crippen molar-refractivity contribution in [1.82, 2.24) is 14.6 Å². The molecule has 3 rings (SSSR count). The van der Waals surface area contributed by atoms with Crippen molar-refractivity contribution < 1.29 is 14.7 Å². The van der Waals surface area contributed by atoms with E-state index in [-0.39, 0.29) is 5.91 Å². The van der Waals surface area contributed by atoms with E-state index >= 15 is 0 Å². The van der Waals surface area contributed by atoms with Crippen molar-refractivity contribution in [3.63, 3.8) is 0 Å². The van der Waals surface area contributed by atoms with Crippen molar-refractivity contribution in [3.05, 3.63) is 24.3 Å². The standard InChI is InChI=1S/C16H20N4O3S/c21-15(12-6-3-4-10-20(12)16(22)23)18-9-8-17-14-11-5-1-2-7-13(11)24-19-14/h1-2,5,7,12H,3-4,6,8-10H2,(H,17,19)(H,18,21)(H,22,23). The molecule has 1 aliphatic heterocycles. The number of piperidine rings is 1. The number of nitrogens with one attached hydrogen (secondary N) is 2. The number of hydrogen-bond acceptors (Lipinski definition) is 5. The molecular weight excluding hydrogens is 328 g/mol. The van der Waals surface area contributed by atoms with Gasteiger partial charge in [-0.25, -0.2) is 4.79 Å². The molecule has 2 heterocycles. The first kappa shape index (κ1) is 16.5. The zero-order valence-corrected chi connectivity index (χ0v) is 14.0. The first-order valence-corrected chi connectivity index (χ1v) is 8.79. The largest absolute Gasteiger partial charge is 0.465 e. The number of amides is 2. The van der Waals surface area contributed by atoms with E-state index in [1.54, 1.807) is 0 Å². The van der Waals surface area contributed by atoms with Gasteiger partial charge in [-0.2, -0.15) is 4.37 Å². The molecule has 0 saturated carbocycles. The Hall–Kier alpha value is -2.35. The van der Waals surface area contributed by atoms with E-state index < -0.39 is 12.1 Å². The summed E-state index contributed by atoms with van der Waals surface area (Å²) in [7, 11) is 0. The topological polar surface area (TPSA) is 94.6 Å². The SMILES string of the molecule is O=C(NCCNc1nsc2ccccc12)C1CCCCN1C(=O)O. The van der Waals surface area contributed by atoms with Crippen LogP contribution in [0.15, 0.2) is 24.3 Å². The van der Waals surface area contributed by atoms with Crippen LogP contribution in [0, 0.1) is 0 Å². The number of carbonyl (C=O) groups is 2. The summed E-state index contributed by atoms with van der Waals surface area (Å²) in [5.41, 5.74) is 0. The third-order valence-corrected chi connectivity index (χ3v) is 4.97. The fourth-order valence-electron chi connectivity index (χ4n) is 2.93. The molecule has 0 radical (unpaired) electrons. The number of nitrogens with zero attached hydrogens (tertiary/aromatic N) is 2. The fourth-order valence-corrected chi connectivity index (χ4v) is 3.69. The van der Waals surface area contributed by atoms with Crippen molar-refractivity contribution in [1.29, 1.82) is 0 Å². The zero-order valence-electron chi connectivity index (χ0n) is 13.2. The molecule has 0 aliphatic carbocycles. The molecule has 128 valence electrons. The quantitative estimate of drug-likeness (QED) is 0.721. The molecule has 1 aliphatic rings.